The second-order valence-electron chi connectivity index (χ2n) is 4.86. The Morgan fingerprint density at radius 2 is 2.00 bits per heavy atom. The summed E-state index contributed by atoms with van der Waals surface area (Å²) in [6.07, 6.45) is 2.69. The summed E-state index contributed by atoms with van der Waals surface area (Å²) in [6.45, 7) is 5.38. The highest BCUT2D eigenvalue weighted by molar-refractivity contribution is 5.87. The molecule has 0 saturated heterocycles. The van der Waals surface area contributed by atoms with Gasteiger partial charge < -0.3 is 4.74 Å². The molecule has 3 nitrogen and oxygen atoms in total. The average Bonchev–Trinajstić information content (AvgIpc) is 2.07. The summed E-state index contributed by atoms with van der Waals surface area (Å²) in [5.74, 6) is -0.202. The Kier molecular flexibility index (Phi) is 3.29. The quantitative estimate of drug-likeness (QED) is 0.606. The molecule has 0 amide bonds. The van der Waals surface area contributed by atoms with Crippen molar-refractivity contribution in [3.63, 3.8) is 0 Å². The number of Topliss-reactive ketones (excluding diaryl/α,β-unsaturated/α-hetero) is 1. The van der Waals surface area contributed by atoms with Crippen LogP contribution in [0.15, 0.2) is 0 Å². The number of esters is 1. The SMILES string of the molecule is CC(C)(C)C(=O)O[C@H]1CCCCC1=O. The molecule has 0 aromatic carbocycles. The lowest BCUT2D eigenvalue weighted by Gasteiger charge is -2.24. The fourth-order valence-corrected chi connectivity index (χ4v) is 1.38. The molecule has 1 rings (SSSR count). The molecule has 0 aliphatic heterocycles. The Morgan fingerprint density at radius 3 is 2.50 bits per heavy atom. The molecule has 1 atom stereocenters. The van der Waals surface area contributed by atoms with Crippen molar-refractivity contribution in [1.29, 1.82) is 0 Å². The smallest absolute Gasteiger partial charge is 0.311 e. The molecule has 1 saturated carbocycles. The molecule has 0 unspecified atom stereocenters. The largest absolute Gasteiger partial charge is 0.454 e. The third-order valence-electron chi connectivity index (χ3n) is 2.36. The fraction of sp³-hybridized carbons (Fsp3) is 0.818. The first-order valence-electron chi connectivity index (χ1n) is 5.15. The first-order chi connectivity index (χ1) is 6.41. The highest BCUT2D eigenvalue weighted by atomic mass is 16.5. The van der Waals surface area contributed by atoms with Crippen LogP contribution < -0.4 is 0 Å². The molecule has 14 heavy (non-hydrogen) atoms. The first kappa shape index (κ1) is 11.2. The van der Waals surface area contributed by atoms with Crippen molar-refractivity contribution >= 4 is 11.8 Å². The van der Waals surface area contributed by atoms with E-state index in [0.29, 0.717) is 12.8 Å². The van der Waals surface area contributed by atoms with Crippen LogP contribution >= 0.6 is 0 Å². The number of ketones is 1. The molecule has 0 bridgehead atoms. The van der Waals surface area contributed by atoms with Gasteiger partial charge in [0.05, 0.1) is 5.41 Å². The van der Waals surface area contributed by atoms with E-state index in [4.69, 9.17) is 4.74 Å². The zero-order chi connectivity index (χ0) is 10.8. The van der Waals surface area contributed by atoms with Crippen LogP contribution in [0.2, 0.25) is 0 Å². The normalized spacial score (nSPS) is 23.4. The molecular formula is C11H18O3. The Bertz CT molecular complexity index is 237. The standard InChI is InChI=1S/C11H18O3/c1-11(2,3)10(13)14-9-7-5-4-6-8(9)12/h9H,4-7H2,1-3H3/t9-/m0/s1. The second-order valence-corrected chi connectivity index (χ2v) is 4.86. The summed E-state index contributed by atoms with van der Waals surface area (Å²) < 4.78 is 5.18. The van der Waals surface area contributed by atoms with Crippen molar-refractivity contribution in [3.8, 4) is 0 Å². The van der Waals surface area contributed by atoms with E-state index in [9.17, 15) is 9.59 Å². The third kappa shape index (κ3) is 2.82. The number of rotatable bonds is 1. The number of hydrogen-bond donors (Lipinski definition) is 0. The van der Waals surface area contributed by atoms with Crippen molar-refractivity contribution < 1.29 is 14.3 Å². The van der Waals surface area contributed by atoms with Crippen molar-refractivity contribution in [2.24, 2.45) is 5.41 Å². The minimum Gasteiger partial charge on any atom is -0.454 e. The third-order valence-corrected chi connectivity index (χ3v) is 2.36. The molecule has 0 N–H and O–H groups in total. The lowest BCUT2D eigenvalue weighted by atomic mass is 9.94. The van der Waals surface area contributed by atoms with E-state index < -0.39 is 11.5 Å². The molecule has 1 aliphatic rings. The van der Waals surface area contributed by atoms with Crippen LogP contribution in [-0.4, -0.2) is 17.9 Å². The fourth-order valence-electron chi connectivity index (χ4n) is 1.38. The van der Waals surface area contributed by atoms with E-state index in [1.54, 1.807) is 20.8 Å². The van der Waals surface area contributed by atoms with E-state index in [0.717, 1.165) is 12.8 Å². The molecule has 3 heteroatoms. The molecule has 80 valence electrons. The number of ether oxygens (including phenoxy) is 1. The summed E-state index contributed by atoms with van der Waals surface area (Å²) in [4.78, 5) is 22.9. The minimum absolute atomic E-state index is 0.0776. The Morgan fingerprint density at radius 1 is 1.36 bits per heavy atom. The number of carbonyl (C=O) groups excluding carboxylic acids is 2. The minimum atomic E-state index is -0.516. The molecular weight excluding hydrogens is 180 g/mol. The van der Waals surface area contributed by atoms with Gasteiger partial charge in [-0.3, -0.25) is 9.59 Å². The molecule has 0 aromatic rings. The van der Waals surface area contributed by atoms with Gasteiger partial charge in [0, 0.05) is 6.42 Å². The Balaban J connectivity index is 2.51. The number of hydrogen-bond acceptors (Lipinski definition) is 3. The van der Waals surface area contributed by atoms with Crippen LogP contribution in [0.3, 0.4) is 0 Å². The van der Waals surface area contributed by atoms with Gasteiger partial charge in [0.15, 0.2) is 11.9 Å². The summed E-state index contributed by atoms with van der Waals surface area (Å²) in [6, 6.07) is 0. The van der Waals surface area contributed by atoms with Gasteiger partial charge in [0.25, 0.3) is 0 Å². The van der Waals surface area contributed by atoms with Crippen molar-refractivity contribution in [3.05, 3.63) is 0 Å². The highest BCUT2D eigenvalue weighted by Gasteiger charge is 2.30. The van der Waals surface area contributed by atoms with E-state index >= 15 is 0 Å². The maximum absolute atomic E-state index is 11.5. The summed E-state index contributed by atoms with van der Waals surface area (Å²) in [5, 5.41) is 0. The molecule has 0 heterocycles. The first-order valence-corrected chi connectivity index (χ1v) is 5.15. The summed E-state index contributed by atoms with van der Waals surface area (Å²) >= 11 is 0. The zero-order valence-corrected chi connectivity index (χ0v) is 9.13. The van der Waals surface area contributed by atoms with E-state index in [-0.39, 0.29) is 11.8 Å². The topological polar surface area (TPSA) is 43.4 Å². The van der Waals surface area contributed by atoms with Gasteiger partial charge in [-0.2, -0.15) is 0 Å². The van der Waals surface area contributed by atoms with Gasteiger partial charge in [-0.05, 0) is 40.0 Å². The van der Waals surface area contributed by atoms with E-state index in [2.05, 4.69) is 0 Å². The van der Waals surface area contributed by atoms with Crippen LogP contribution in [0, 0.1) is 5.41 Å². The summed E-state index contributed by atoms with van der Waals surface area (Å²) in [5.41, 5.74) is -0.516. The monoisotopic (exact) mass is 198 g/mol. The molecule has 0 aromatic heterocycles. The maximum Gasteiger partial charge on any atom is 0.311 e. The Hall–Kier alpha value is -0.860. The predicted octanol–water partition coefficient (Wildman–Crippen LogP) is 2.09. The van der Waals surface area contributed by atoms with Gasteiger partial charge in [0.1, 0.15) is 0 Å². The molecule has 0 radical (unpaired) electrons. The summed E-state index contributed by atoms with van der Waals surface area (Å²) in [7, 11) is 0. The molecule has 1 aliphatic carbocycles. The van der Waals surface area contributed by atoms with Crippen LogP contribution in [0.4, 0.5) is 0 Å². The van der Waals surface area contributed by atoms with Gasteiger partial charge in [-0.1, -0.05) is 0 Å². The molecule has 1 fully saturated rings. The zero-order valence-electron chi connectivity index (χ0n) is 9.13. The van der Waals surface area contributed by atoms with Crippen LogP contribution in [0.5, 0.6) is 0 Å². The van der Waals surface area contributed by atoms with Crippen LogP contribution in [0.25, 0.3) is 0 Å². The van der Waals surface area contributed by atoms with Gasteiger partial charge in [0.2, 0.25) is 0 Å². The van der Waals surface area contributed by atoms with Gasteiger partial charge in [-0.25, -0.2) is 0 Å². The lowest BCUT2D eigenvalue weighted by Crippen LogP contribution is -2.34. The van der Waals surface area contributed by atoms with Crippen molar-refractivity contribution in [1.82, 2.24) is 0 Å². The van der Waals surface area contributed by atoms with E-state index in [1.807, 2.05) is 0 Å². The average molecular weight is 198 g/mol. The Labute approximate surface area is 84.8 Å². The maximum atomic E-state index is 11.5. The highest BCUT2D eigenvalue weighted by Crippen LogP contribution is 2.22. The second kappa shape index (κ2) is 4.11. The van der Waals surface area contributed by atoms with Crippen LogP contribution in [0.1, 0.15) is 46.5 Å². The lowest BCUT2D eigenvalue weighted by molar-refractivity contribution is -0.164. The van der Waals surface area contributed by atoms with Gasteiger partial charge >= 0.3 is 5.97 Å². The predicted molar refractivity (Wildman–Crippen MR) is 52.8 cm³/mol. The number of carbonyl (C=O) groups is 2. The van der Waals surface area contributed by atoms with Gasteiger partial charge in [-0.15, -0.1) is 0 Å². The van der Waals surface area contributed by atoms with E-state index in [1.165, 1.54) is 0 Å². The van der Waals surface area contributed by atoms with Crippen molar-refractivity contribution in [2.75, 3.05) is 0 Å². The van der Waals surface area contributed by atoms with Crippen LogP contribution in [-0.2, 0) is 14.3 Å². The van der Waals surface area contributed by atoms with Crippen molar-refractivity contribution in [2.45, 2.75) is 52.6 Å². The molecule has 0 spiro atoms.